The molecule has 1 saturated heterocycles. The quantitative estimate of drug-likeness (QED) is 0.755. The van der Waals surface area contributed by atoms with Crippen LogP contribution < -0.4 is 0 Å². The van der Waals surface area contributed by atoms with E-state index in [0.717, 1.165) is 24.9 Å². The lowest BCUT2D eigenvalue weighted by Crippen LogP contribution is -2.43. The summed E-state index contributed by atoms with van der Waals surface area (Å²) in [7, 11) is 0. The first-order valence-corrected chi connectivity index (χ1v) is 9.76. The molecule has 3 rings (SSSR count). The molecule has 6 nitrogen and oxygen atoms in total. The molecule has 2 amide bonds. The van der Waals surface area contributed by atoms with Gasteiger partial charge >= 0.3 is 0 Å². The maximum absolute atomic E-state index is 12.7. The third kappa shape index (κ3) is 5.18. The van der Waals surface area contributed by atoms with Crippen LogP contribution >= 0.6 is 0 Å². The molecule has 6 heteroatoms. The van der Waals surface area contributed by atoms with E-state index < -0.39 is 0 Å². The molecular formula is C21H28N4O2. The van der Waals surface area contributed by atoms with Crippen molar-refractivity contribution in [3.05, 3.63) is 54.4 Å². The standard InChI is InChI=1S/C21H28N4O2/c1-2-19-17-23(20(26)10-6-13-24-14-7-12-22-24)15-11-21(27)25(19)16-18-8-4-3-5-9-18/h3-5,7-9,12,14,19H,2,6,10-11,13,15-17H2,1H3/t19-/m0/s1. The molecule has 2 heterocycles. The maximum atomic E-state index is 12.7. The summed E-state index contributed by atoms with van der Waals surface area (Å²) in [6.07, 6.45) is 6.14. The van der Waals surface area contributed by atoms with Crippen molar-refractivity contribution in [1.82, 2.24) is 19.6 Å². The van der Waals surface area contributed by atoms with E-state index in [1.807, 2.05) is 57.1 Å². The van der Waals surface area contributed by atoms with Gasteiger partial charge in [-0.2, -0.15) is 5.10 Å². The van der Waals surface area contributed by atoms with Crippen LogP contribution in [0.15, 0.2) is 48.8 Å². The van der Waals surface area contributed by atoms with E-state index in [9.17, 15) is 9.59 Å². The SMILES string of the molecule is CC[C@H]1CN(C(=O)CCCn2cccn2)CCC(=O)N1Cc1ccccc1. The minimum atomic E-state index is 0.0651. The Kier molecular flexibility index (Phi) is 6.63. The van der Waals surface area contributed by atoms with Gasteiger partial charge in [-0.15, -0.1) is 0 Å². The predicted octanol–water partition coefficient (Wildman–Crippen LogP) is 2.70. The largest absolute Gasteiger partial charge is 0.340 e. The Labute approximate surface area is 160 Å². The van der Waals surface area contributed by atoms with Gasteiger partial charge in [0.2, 0.25) is 11.8 Å². The summed E-state index contributed by atoms with van der Waals surface area (Å²) in [5, 5.41) is 4.17. The van der Waals surface area contributed by atoms with Gasteiger partial charge in [-0.05, 0) is 24.5 Å². The zero-order valence-corrected chi connectivity index (χ0v) is 16.0. The predicted molar refractivity (Wildman–Crippen MR) is 104 cm³/mol. The average molecular weight is 368 g/mol. The van der Waals surface area contributed by atoms with Crippen LogP contribution in [0.5, 0.6) is 0 Å². The molecule has 0 radical (unpaired) electrons. The Morgan fingerprint density at radius 3 is 2.74 bits per heavy atom. The van der Waals surface area contributed by atoms with E-state index in [-0.39, 0.29) is 17.9 Å². The van der Waals surface area contributed by atoms with Crippen molar-refractivity contribution in [2.24, 2.45) is 0 Å². The van der Waals surface area contributed by atoms with Gasteiger partial charge in [0.15, 0.2) is 0 Å². The number of hydrogen-bond acceptors (Lipinski definition) is 3. The van der Waals surface area contributed by atoms with Crippen molar-refractivity contribution in [2.45, 2.75) is 51.7 Å². The third-order valence-electron chi connectivity index (χ3n) is 5.14. The van der Waals surface area contributed by atoms with Crippen LogP contribution in [0.1, 0.15) is 38.2 Å². The molecule has 1 aliphatic heterocycles. The zero-order valence-electron chi connectivity index (χ0n) is 16.0. The lowest BCUT2D eigenvalue weighted by atomic mass is 10.1. The monoisotopic (exact) mass is 368 g/mol. The van der Waals surface area contributed by atoms with E-state index in [0.29, 0.717) is 32.5 Å². The molecule has 0 spiro atoms. The minimum Gasteiger partial charge on any atom is -0.340 e. The van der Waals surface area contributed by atoms with Crippen LogP contribution in [0.2, 0.25) is 0 Å². The summed E-state index contributed by atoms with van der Waals surface area (Å²) in [5.74, 6) is 0.271. The number of rotatable bonds is 7. The Morgan fingerprint density at radius 2 is 2.04 bits per heavy atom. The minimum absolute atomic E-state index is 0.0651. The summed E-state index contributed by atoms with van der Waals surface area (Å²) in [5.41, 5.74) is 1.13. The van der Waals surface area contributed by atoms with Crippen molar-refractivity contribution in [3.63, 3.8) is 0 Å². The first-order valence-electron chi connectivity index (χ1n) is 9.76. The molecule has 0 unspecified atom stereocenters. The van der Waals surface area contributed by atoms with E-state index >= 15 is 0 Å². The van der Waals surface area contributed by atoms with Gasteiger partial charge in [-0.1, -0.05) is 37.3 Å². The number of carbonyl (C=O) groups excluding carboxylic acids is 2. The molecule has 1 aliphatic rings. The van der Waals surface area contributed by atoms with Gasteiger partial charge in [0.05, 0.1) is 0 Å². The molecule has 27 heavy (non-hydrogen) atoms. The second kappa shape index (κ2) is 9.35. The number of benzene rings is 1. The Bertz CT molecular complexity index is 730. The maximum Gasteiger partial charge on any atom is 0.224 e. The highest BCUT2D eigenvalue weighted by Gasteiger charge is 2.30. The Hall–Kier alpha value is -2.63. The molecule has 0 saturated carbocycles. The molecule has 1 fully saturated rings. The van der Waals surface area contributed by atoms with Crippen molar-refractivity contribution < 1.29 is 9.59 Å². The number of aryl methyl sites for hydroxylation is 1. The normalized spacial score (nSPS) is 17.8. The highest BCUT2D eigenvalue weighted by atomic mass is 16.2. The third-order valence-corrected chi connectivity index (χ3v) is 5.14. The molecule has 1 aromatic heterocycles. The van der Waals surface area contributed by atoms with Crippen LogP contribution in [-0.2, 0) is 22.7 Å². The highest BCUT2D eigenvalue weighted by molar-refractivity contribution is 5.80. The first kappa shape index (κ1) is 19.1. The second-order valence-electron chi connectivity index (χ2n) is 7.03. The first-order chi connectivity index (χ1) is 13.2. The molecule has 1 atom stereocenters. The second-order valence-corrected chi connectivity index (χ2v) is 7.03. The number of carbonyl (C=O) groups is 2. The van der Waals surface area contributed by atoms with E-state index in [2.05, 4.69) is 12.0 Å². The Morgan fingerprint density at radius 1 is 1.22 bits per heavy atom. The summed E-state index contributed by atoms with van der Waals surface area (Å²) >= 11 is 0. The van der Waals surface area contributed by atoms with Crippen molar-refractivity contribution in [3.8, 4) is 0 Å². The van der Waals surface area contributed by atoms with Crippen LogP contribution in [0.25, 0.3) is 0 Å². The number of nitrogens with zero attached hydrogens (tertiary/aromatic N) is 4. The van der Waals surface area contributed by atoms with E-state index in [1.165, 1.54) is 0 Å². The van der Waals surface area contributed by atoms with Crippen LogP contribution in [0.4, 0.5) is 0 Å². The fraction of sp³-hybridized carbons (Fsp3) is 0.476. The topological polar surface area (TPSA) is 58.4 Å². The number of aromatic nitrogens is 2. The number of amides is 2. The lowest BCUT2D eigenvalue weighted by molar-refractivity contribution is -0.133. The van der Waals surface area contributed by atoms with Crippen LogP contribution in [0.3, 0.4) is 0 Å². The molecule has 0 N–H and O–H groups in total. The smallest absolute Gasteiger partial charge is 0.224 e. The fourth-order valence-corrected chi connectivity index (χ4v) is 3.58. The summed E-state index contributed by atoms with van der Waals surface area (Å²) in [4.78, 5) is 29.2. The van der Waals surface area contributed by atoms with Crippen molar-refractivity contribution in [1.29, 1.82) is 0 Å². The summed E-state index contributed by atoms with van der Waals surface area (Å²) in [6, 6.07) is 12.0. The molecule has 1 aromatic carbocycles. The lowest BCUT2D eigenvalue weighted by Gasteiger charge is -2.31. The van der Waals surface area contributed by atoms with Gasteiger partial charge in [-0.3, -0.25) is 14.3 Å². The zero-order chi connectivity index (χ0) is 19.1. The van der Waals surface area contributed by atoms with Gasteiger partial charge in [0.25, 0.3) is 0 Å². The van der Waals surface area contributed by atoms with Gasteiger partial charge < -0.3 is 9.80 Å². The van der Waals surface area contributed by atoms with Crippen molar-refractivity contribution >= 4 is 11.8 Å². The van der Waals surface area contributed by atoms with Gasteiger partial charge in [-0.25, -0.2) is 0 Å². The molecule has 0 bridgehead atoms. The van der Waals surface area contributed by atoms with E-state index in [4.69, 9.17) is 0 Å². The molecular weight excluding hydrogens is 340 g/mol. The highest BCUT2D eigenvalue weighted by Crippen LogP contribution is 2.18. The average Bonchev–Trinajstić information content (AvgIpc) is 3.15. The van der Waals surface area contributed by atoms with Crippen LogP contribution in [-0.4, -0.2) is 50.5 Å². The van der Waals surface area contributed by atoms with Crippen LogP contribution in [0, 0.1) is 0 Å². The summed E-state index contributed by atoms with van der Waals surface area (Å²) < 4.78 is 1.84. The fourth-order valence-electron chi connectivity index (χ4n) is 3.58. The van der Waals surface area contributed by atoms with E-state index in [1.54, 1.807) is 6.20 Å². The van der Waals surface area contributed by atoms with Gasteiger partial charge in [0.1, 0.15) is 0 Å². The molecule has 144 valence electrons. The molecule has 0 aliphatic carbocycles. The number of hydrogen-bond donors (Lipinski definition) is 0. The molecule has 2 aromatic rings. The summed E-state index contributed by atoms with van der Waals surface area (Å²) in [6.45, 7) is 4.57. The van der Waals surface area contributed by atoms with Gasteiger partial charge in [0, 0.05) is 57.5 Å². The Balaban J connectivity index is 1.58. The van der Waals surface area contributed by atoms with Crippen molar-refractivity contribution in [2.75, 3.05) is 13.1 Å².